The maximum Gasteiger partial charge on any atom is 0.191 e. The van der Waals surface area contributed by atoms with E-state index >= 15 is 0 Å². The number of piperidine rings is 1. The number of aliphatic imine (C=N–C) groups is 1. The van der Waals surface area contributed by atoms with Crippen molar-refractivity contribution in [3.05, 3.63) is 71.0 Å². The summed E-state index contributed by atoms with van der Waals surface area (Å²) in [6.07, 6.45) is 1.88. The second-order valence-corrected chi connectivity index (χ2v) is 6.98. The quantitative estimate of drug-likeness (QED) is 0.607. The van der Waals surface area contributed by atoms with Crippen LogP contribution in [0.15, 0.2) is 47.5 Å². The number of benzene rings is 2. The second-order valence-electron chi connectivity index (χ2n) is 6.98. The Bertz CT molecular complexity index is 800. The Morgan fingerprint density at radius 2 is 1.71 bits per heavy atom. The first kappa shape index (κ1) is 20.2. The monoisotopic (exact) mass is 390 g/mol. The highest BCUT2D eigenvalue weighted by Crippen LogP contribution is 2.14. The lowest BCUT2D eigenvalue weighted by Gasteiger charge is -2.33. The topological polar surface area (TPSA) is 39.7 Å². The van der Waals surface area contributed by atoms with Gasteiger partial charge in [-0.1, -0.05) is 12.1 Å². The van der Waals surface area contributed by atoms with E-state index < -0.39 is 11.6 Å². The summed E-state index contributed by atoms with van der Waals surface area (Å²) < 4.78 is 40.0. The van der Waals surface area contributed by atoms with Crippen LogP contribution in [0, 0.1) is 17.5 Å². The third kappa shape index (κ3) is 5.73. The van der Waals surface area contributed by atoms with E-state index in [-0.39, 0.29) is 24.0 Å². The highest BCUT2D eigenvalue weighted by atomic mass is 19.1. The van der Waals surface area contributed by atoms with E-state index in [0.29, 0.717) is 5.96 Å². The number of rotatable bonds is 5. The SMILES string of the molecule is CN=C(NCc1cc(F)ccc1F)NC1CCN(Cc2ccc(F)cc2)CC1. The van der Waals surface area contributed by atoms with E-state index in [9.17, 15) is 13.2 Å². The predicted molar refractivity (Wildman–Crippen MR) is 104 cm³/mol. The zero-order valence-electron chi connectivity index (χ0n) is 15.9. The molecule has 150 valence electrons. The third-order valence-electron chi connectivity index (χ3n) is 4.93. The van der Waals surface area contributed by atoms with Crippen molar-refractivity contribution in [3.63, 3.8) is 0 Å². The molecule has 0 unspecified atom stereocenters. The van der Waals surface area contributed by atoms with Gasteiger partial charge in [-0.25, -0.2) is 13.2 Å². The molecule has 0 radical (unpaired) electrons. The van der Waals surface area contributed by atoms with E-state index in [1.165, 1.54) is 18.2 Å². The van der Waals surface area contributed by atoms with Gasteiger partial charge in [-0.3, -0.25) is 9.89 Å². The van der Waals surface area contributed by atoms with Crippen molar-refractivity contribution < 1.29 is 13.2 Å². The average molecular weight is 390 g/mol. The van der Waals surface area contributed by atoms with Crippen LogP contribution in [-0.2, 0) is 13.1 Å². The van der Waals surface area contributed by atoms with Crippen LogP contribution in [0.2, 0.25) is 0 Å². The van der Waals surface area contributed by atoms with Crippen molar-refractivity contribution in [3.8, 4) is 0 Å². The molecule has 1 fully saturated rings. The molecule has 0 aromatic heterocycles. The van der Waals surface area contributed by atoms with Crippen molar-refractivity contribution in [1.29, 1.82) is 0 Å². The van der Waals surface area contributed by atoms with Crippen LogP contribution >= 0.6 is 0 Å². The minimum Gasteiger partial charge on any atom is -0.354 e. The molecule has 2 aromatic carbocycles. The molecule has 0 aliphatic carbocycles. The van der Waals surface area contributed by atoms with Crippen LogP contribution in [0.4, 0.5) is 13.2 Å². The smallest absolute Gasteiger partial charge is 0.191 e. The van der Waals surface area contributed by atoms with Crippen LogP contribution < -0.4 is 10.6 Å². The summed E-state index contributed by atoms with van der Waals surface area (Å²) >= 11 is 0. The van der Waals surface area contributed by atoms with Crippen LogP contribution in [0.5, 0.6) is 0 Å². The largest absolute Gasteiger partial charge is 0.354 e. The molecule has 1 saturated heterocycles. The number of halogens is 3. The number of likely N-dealkylation sites (tertiary alicyclic amines) is 1. The van der Waals surface area contributed by atoms with Gasteiger partial charge in [0.15, 0.2) is 5.96 Å². The fraction of sp³-hybridized carbons (Fsp3) is 0.381. The van der Waals surface area contributed by atoms with E-state index in [1.807, 2.05) is 12.1 Å². The molecule has 4 nitrogen and oxygen atoms in total. The van der Waals surface area contributed by atoms with Gasteiger partial charge in [0.2, 0.25) is 0 Å². The molecule has 0 saturated carbocycles. The van der Waals surface area contributed by atoms with Crippen molar-refractivity contribution in [2.45, 2.75) is 32.0 Å². The van der Waals surface area contributed by atoms with Gasteiger partial charge in [0.1, 0.15) is 17.5 Å². The van der Waals surface area contributed by atoms with Gasteiger partial charge in [0.25, 0.3) is 0 Å². The molecule has 7 heteroatoms. The standard InChI is InChI=1S/C21H25F3N4/c1-25-21(26-13-16-12-18(23)6-7-20(16)24)27-19-8-10-28(11-9-19)14-15-2-4-17(22)5-3-15/h2-7,12,19H,8-11,13-14H2,1H3,(H2,25,26,27). The Hall–Kier alpha value is -2.54. The summed E-state index contributed by atoms with van der Waals surface area (Å²) in [5.41, 5.74) is 1.36. The summed E-state index contributed by atoms with van der Waals surface area (Å²) in [5, 5.41) is 6.39. The maximum absolute atomic E-state index is 13.7. The molecule has 0 bridgehead atoms. The molecule has 1 aliphatic rings. The zero-order valence-corrected chi connectivity index (χ0v) is 15.9. The van der Waals surface area contributed by atoms with E-state index in [4.69, 9.17) is 0 Å². The Morgan fingerprint density at radius 3 is 2.39 bits per heavy atom. The number of hydrogen-bond acceptors (Lipinski definition) is 2. The Kier molecular flexibility index (Phi) is 6.92. The molecule has 0 amide bonds. The Balaban J connectivity index is 1.45. The van der Waals surface area contributed by atoms with Crippen molar-refractivity contribution in [2.75, 3.05) is 20.1 Å². The molecule has 2 aromatic rings. The zero-order chi connectivity index (χ0) is 19.9. The van der Waals surface area contributed by atoms with Gasteiger partial charge < -0.3 is 10.6 Å². The van der Waals surface area contributed by atoms with Gasteiger partial charge in [-0.15, -0.1) is 0 Å². The fourth-order valence-corrected chi connectivity index (χ4v) is 3.33. The van der Waals surface area contributed by atoms with Gasteiger partial charge in [0, 0.05) is 44.8 Å². The number of nitrogens with one attached hydrogen (secondary N) is 2. The fourth-order valence-electron chi connectivity index (χ4n) is 3.33. The first-order valence-electron chi connectivity index (χ1n) is 9.41. The van der Waals surface area contributed by atoms with Gasteiger partial charge in [-0.2, -0.15) is 0 Å². The lowest BCUT2D eigenvalue weighted by Crippen LogP contribution is -2.48. The lowest BCUT2D eigenvalue weighted by molar-refractivity contribution is 0.198. The number of hydrogen-bond donors (Lipinski definition) is 2. The molecular weight excluding hydrogens is 365 g/mol. The normalized spacial score (nSPS) is 16.2. The van der Waals surface area contributed by atoms with E-state index in [0.717, 1.165) is 50.2 Å². The molecule has 0 atom stereocenters. The van der Waals surface area contributed by atoms with Gasteiger partial charge in [-0.05, 0) is 48.7 Å². The maximum atomic E-state index is 13.7. The summed E-state index contributed by atoms with van der Waals surface area (Å²) in [5.74, 6) is -0.558. The summed E-state index contributed by atoms with van der Waals surface area (Å²) in [6.45, 7) is 2.81. The lowest BCUT2D eigenvalue weighted by atomic mass is 10.0. The summed E-state index contributed by atoms with van der Waals surface area (Å²) in [6, 6.07) is 10.3. The molecular formula is C21H25F3N4. The number of nitrogens with zero attached hydrogens (tertiary/aromatic N) is 2. The Labute approximate surface area is 163 Å². The van der Waals surface area contributed by atoms with Crippen molar-refractivity contribution >= 4 is 5.96 Å². The third-order valence-corrected chi connectivity index (χ3v) is 4.93. The van der Waals surface area contributed by atoms with Crippen LogP contribution in [-0.4, -0.2) is 37.0 Å². The first-order chi connectivity index (χ1) is 13.5. The molecule has 0 spiro atoms. The average Bonchev–Trinajstić information content (AvgIpc) is 2.70. The molecule has 3 rings (SSSR count). The highest BCUT2D eigenvalue weighted by Gasteiger charge is 2.20. The molecule has 2 N–H and O–H groups in total. The Morgan fingerprint density at radius 1 is 1.04 bits per heavy atom. The minimum atomic E-state index is -0.463. The van der Waals surface area contributed by atoms with Crippen LogP contribution in [0.3, 0.4) is 0 Å². The van der Waals surface area contributed by atoms with Crippen molar-refractivity contribution in [1.82, 2.24) is 15.5 Å². The second kappa shape index (κ2) is 9.59. The van der Waals surface area contributed by atoms with Crippen LogP contribution in [0.1, 0.15) is 24.0 Å². The molecule has 28 heavy (non-hydrogen) atoms. The van der Waals surface area contributed by atoms with Crippen LogP contribution in [0.25, 0.3) is 0 Å². The highest BCUT2D eigenvalue weighted by molar-refractivity contribution is 5.79. The summed E-state index contributed by atoms with van der Waals surface area (Å²) in [4.78, 5) is 6.51. The number of guanidine groups is 1. The predicted octanol–water partition coefficient (Wildman–Crippen LogP) is 3.43. The molecule has 1 heterocycles. The minimum absolute atomic E-state index is 0.159. The van der Waals surface area contributed by atoms with Gasteiger partial charge >= 0.3 is 0 Å². The van der Waals surface area contributed by atoms with E-state index in [2.05, 4.69) is 20.5 Å². The van der Waals surface area contributed by atoms with Crippen molar-refractivity contribution in [2.24, 2.45) is 4.99 Å². The first-order valence-corrected chi connectivity index (χ1v) is 9.41. The van der Waals surface area contributed by atoms with E-state index in [1.54, 1.807) is 7.05 Å². The molecule has 1 aliphatic heterocycles. The summed E-state index contributed by atoms with van der Waals surface area (Å²) in [7, 11) is 1.65. The van der Waals surface area contributed by atoms with Gasteiger partial charge in [0.05, 0.1) is 0 Å².